The number of piperidine rings is 1. The van der Waals surface area contributed by atoms with Crippen molar-refractivity contribution in [1.82, 2.24) is 29.2 Å². The molecule has 0 amide bonds. The third-order valence-electron chi connectivity index (χ3n) is 5.93. The molecule has 33 heavy (non-hydrogen) atoms. The molecule has 1 aliphatic rings. The van der Waals surface area contributed by atoms with Crippen LogP contribution < -0.4 is 15.6 Å². The Bertz CT molecular complexity index is 1310. The summed E-state index contributed by atoms with van der Waals surface area (Å²) >= 11 is 0. The van der Waals surface area contributed by atoms with Crippen LogP contribution >= 0.6 is 0 Å². The second-order valence-corrected chi connectivity index (χ2v) is 8.20. The maximum Gasteiger partial charge on any atom is 0.280 e. The maximum atomic E-state index is 13.4. The number of hydrogen-bond donors (Lipinski definition) is 1. The zero-order valence-electron chi connectivity index (χ0n) is 18.8. The number of nitrogens with zero attached hydrogens (tertiary/aromatic N) is 6. The van der Waals surface area contributed by atoms with Gasteiger partial charge in [-0.25, -0.2) is 19.3 Å². The van der Waals surface area contributed by atoms with Crippen LogP contribution in [-0.4, -0.2) is 55.5 Å². The first kappa shape index (κ1) is 21.1. The van der Waals surface area contributed by atoms with E-state index in [0.29, 0.717) is 35.1 Å². The lowest BCUT2D eigenvalue weighted by Crippen LogP contribution is -2.35. The van der Waals surface area contributed by atoms with Gasteiger partial charge in [0.25, 0.3) is 5.56 Å². The minimum Gasteiger partial charge on any atom is -0.474 e. The van der Waals surface area contributed by atoms with Gasteiger partial charge in [-0.1, -0.05) is 24.3 Å². The number of likely N-dealkylation sites (tertiary alicyclic amines) is 1. The summed E-state index contributed by atoms with van der Waals surface area (Å²) in [5.41, 5.74) is 1.17. The largest absolute Gasteiger partial charge is 0.474 e. The fourth-order valence-corrected chi connectivity index (χ4v) is 4.20. The lowest BCUT2D eigenvalue weighted by molar-refractivity contribution is 0.110. The topological polar surface area (TPSA) is 90.1 Å². The third kappa shape index (κ3) is 4.19. The highest BCUT2D eigenvalue weighted by atomic mass is 16.5. The van der Waals surface area contributed by atoms with Gasteiger partial charge in [0, 0.05) is 31.4 Å². The summed E-state index contributed by atoms with van der Waals surface area (Å²) < 4.78 is 9.55. The number of ether oxygens (including phenoxy) is 1. The van der Waals surface area contributed by atoms with E-state index in [4.69, 9.17) is 9.72 Å². The second kappa shape index (κ2) is 9.03. The van der Waals surface area contributed by atoms with Crippen molar-refractivity contribution in [2.75, 3.05) is 25.5 Å². The van der Waals surface area contributed by atoms with E-state index in [1.807, 2.05) is 55.5 Å². The van der Waals surface area contributed by atoms with Crippen molar-refractivity contribution in [2.45, 2.75) is 32.4 Å². The number of fused-ring (bicyclic) bond motifs is 1. The third-order valence-corrected chi connectivity index (χ3v) is 5.93. The molecule has 0 atom stereocenters. The van der Waals surface area contributed by atoms with E-state index in [1.54, 1.807) is 9.36 Å². The molecule has 4 heterocycles. The average Bonchev–Trinajstić information content (AvgIpc) is 3.14. The highest BCUT2D eigenvalue weighted by Crippen LogP contribution is 2.24. The Hall–Kier alpha value is -3.72. The van der Waals surface area contributed by atoms with Crippen molar-refractivity contribution in [3.8, 4) is 11.7 Å². The van der Waals surface area contributed by atoms with Crippen molar-refractivity contribution in [1.29, 1.82) is 0 Å². The smallest absolute Gasteiger partial charge is 0.280 e. The molecule has 0 spiro atoms. The van der Waals surface area contributed by atoms with Crippen LogP contribution in [0.4, 0.5) is 11.5 Å². The number of benzene rings is 1. The van der Waals surface area contributed by atoms with Gasteiger partial charge < -0.3 is 15.0 Å². The summed E-state index contributed by atoms with van der Waals surface area (Å²) in [5, 5.41) is 3.67. The molecule has 9 nitrogen and oxygen atoms in total. The Morgan fingerprint density at radius 1 is 1.06 bits per heavy atom. The molecule has 0 radical (unpaired) electrons. The molecule has 1 saturated heterocycles. The van der Waals surface area contributed by atoms with Crippen LogP contribution in [0.5, 0.6) is 5.88 Å². The normalized spacial score (nSPS) is 15.1. The van der Waals surface area contributed by atoms with Crippen LogP contribution in [0.3, 0.4) is 0 Å². The molecule has 1 fully saturated rings. The molecule has 0 unspecified atom stereocenters. The lowest BCUT2D eigenvalue weighted by atomic mass is 10.1. The van der Waals surface area contributed by atoms with E-state index in [1.165, 1.54) is 6.33 Å². The summed E-state index contributed by atoms with van der Waals surface area (Å²) in [4.78, 5) is 29.2. The quantitative estimate of drug-likeness (QED) is 0.487. The van der Waals surface area contributed by atoms with Gasteiger partial charge in [0.15, 0.2) is 11.5 Å². The van der Waals surface area contributed by atoms with Crippen LogP contribution in [0.25, 0.3) is 16.9 Å². The van der Waals surface area contributed by atoms with Crippen molar-refractivity contribution in [3.63, 3.8) is 0 Å². The van der Waals surface area contributed by atoms with Gasteiger partial charge in [-0.2, -0.15) is 4.98 Å². The molecule has 1 aromatic carbocycles. The van der Waals surface area contributed by atoms with Crippen LogP contribution in [0.1, 0.15) is 19.8 Å². The van der Waals surface area contributed by atoms with E-state index in [0.717, 1.165) is 31.6 Å². The Labute approximate surface area is 191 Å². The summed E-state index contributed by atoms with van der Waals surface area (Å²) in [6.07, 6.45) is 3.54. The first-order valence-electron chi connectivity index (χ1n) is 11.2. The van der Waals surface area contributed by atoms with Gasteiger partial charge in [0.2, 0.25) is 5.88 Å². The van der Waals surface area contributed by atoms with Gasteiger partial charge in [-0.05, 0) is 45.0 Å². The highest BCUT2D eigenvalue weighted by molar-refractivity contribution is 5.89. The summed E-state index contributed by atoms with van der Waals surface area (Å²) in [6.45, 7) is 4.40. The molecule has 4 aromatic rings. The number of nitrogens with one attached hydrogen (secondary N) is 1. The van der Waals surface area contributed by atoms with Crippen molar-refractivity contribution >= 4 is 22.5 Å². The number of pyridine rings is 1. The molecule has 1 N–H and O–H groups in total. The predicted octanol–water partition coefficient (Wildman–Crippen LogP) is 3.21. The van der Waals surface area contributed by atoms with Crippen molar-refractivity contribution < 1.29 is 4.74 Å². The number of hydrogen-bond acceptors (Lipinski definition) is 7. The zero-order valence-corrected chi connectivity index (χ0v) is 18.8. The molecular weight excluding hydrogens is 418 g/mol. The standard InChI is InChI=1S/C24H27N7O2/c1-3-30-24(32)21-22(27-17-8-5-4-6-9-17)25-16-26-23(21)31(30)19-10-7-11-20(28-19)33-18-12-14-29(2)15-13-18/h4-11,16,18H,3,12-15H2,1-2H3,(H,25,26,27). The SMILES string of the molecule is CCn1c(=O)c2c(Nc3ccccc3)ncnc2n1-c1cccc(OC2CCN(C)CC2)n1. The maximum absolute atomic E-state index is 13.4. The predicted molar refractivity (Wildman–Crippen MR) is 127 cm³/mol. The summed E-state index contributed by atoms with van der Waals surface area (Å²) in [7, 11) is 2.12. The molecule has 170 valence electrons. The lowest BCUT2D eigenvalue weighted by Gasteiger charge is -2.29. The Morgan fingerprint density at radius 2 is 1.85 bits per heavy atom. The summed E-state index contributed by atoms with van der Waals surface area (Å²) in [5.74, 6) is 1.60. The van der Waals surface area contributed by atoms with Crippen LogP contribution in [-0.2, 0) is 6.54 Å². The van der Waals surface area contributed by atoms with Crippen LogP contribution in [0.15, 0.2) is 59.7 Å². The molecule has 0 saturated carbocycles. The summed E-state index contributed by atoms with van der Waals surface area (Å²) in [6, 6.07) is 15.3. The molecule has 0 bridgehead atoms. The number of aromatic nitrogens is 5. The number of anilines is 2. The van der Waals surface area contributed by atoms with E-state index in [2.05, 4.69) is 27.2 Å². The Kier molecular flexibility index (Phi) is 5.78. The first-order valence-corrected chi connectivity index (χ1v) is 11.2. The second-order valence-electron chi connectivity index (χ2n) is 8.20. The molecule has 5 rings (SSSR count). The van der Waals surface area contributed by atoms with Gasteiger partial charge >= 0.3 is 0 Å². The van der Waals surface area contributed by atoms with E-state index >= 15 is 0 Å². The van der Waals surface area contributed by atoms with Crippen molar-refractivity contribution in [3.05, 3.63) is 65.2 Å². The van der Waals surface area contributed by atoms with Crippen LogP contribution in [0, 0.1) is 0 Å². The van der Waals surface area contributed by atoms with Crippen molar-refractivity contribution in [2.24, 2.45) is 0 Å². The molecular formula is C24H27N7O2. The molecule has 3 aromatic heterocycles. The fourth-order valence-electron chi connectivity index (χ4n) is 4.20. The number of rotatable bonds is 6. The first-order chi connectivity index (χ1) is 16.1. The highest BCUT2D eigenvalue weighted by Gasteiger charge is 2.22. The van der Waals surface area contributed by atoms with E-state index < -0.39 is 0 Å². The zero-order chi connectivity index (χ0) is 22.8. The molecule has 1 aliphatic heterocycles. The van der Waals surface area contributed by atoms with Gasteiger partial charge in [-0.3, -0.25) is 4.79 Å². The number of para-hydroxylation sites is 1. The fraction of sp³-hybridized carbons (Fsp3) is 0.333. The minimum atomic E-state index is -0.171. The molecule has 0 aliphatic carbocycles. The molecule has 9 heteroatoms. The minimum absolute atomic E-state index is 0.141. The Morgan fingerprint density at radius 3 is 2.61 bits per heavy atom. The van der Waals surface area contributed by atoms with E-state index in [9.17, 15) is 4.79 Å². The van der Waals surface area contributed by atoms with Gasteiger partial charge in [-0.15, -0.1) is 0 Å². The van der Waals surface area contributed by atoms with Gasteiger partial charge in [0.05, 0.1) is 0 Å². The van der Waals surface area contributed by atoms with E-state index in [-0.39, 0.29) is 11.7 Å². The Balaban J connectivity index is 1.54. The van der Waals surface area contributed by atoms with Gasteiger partial charge in [0.1, 0.15) is 23.6 Å². The monoisotopic (exact) mass is 445 g/mol. The van der Waals surface area contributed by atoms with Crippen LogP contribution in [0.2, 0.25) is 0 Å². The average molecular weight is 446 g/mol.